The van der Waals surface area contributed by atoms with E-state index in [-0.39, 0.29) is 24.2 Å². The van der Waals surface area contributed by atoms with E-state index in [1.807, 2.05) is 26.0 Å². The normalized spacial score (nSPS) is 24.5. The third kappa shape index (κ3) is 5.39. The number of phenols is 1. The molecule has 0 radical (unpaired) electrons. The quantitative estimate of drug-likeness (QED) is 0.365. The van der Waals surface area contributed by atoms with E-state index in [4.69, 9.17) is 0 Å². The summed E-state index contributed by atoms with van der Waals surface area (Å²) in [6.07, 6.45) is 5.55. The van der Waals surface area contributed by atoms with Crippen LogP contribution < -0.4 is 0 Å². The summed E-state index contributed by atoms with van der Waals surface area (Å²) in [6, 6.07) is 7.04. The number of aliphatic hydroxyl groups excluding tert-OH is 2. The summed E-state index contributed by atoms with van der Waals surface area (Å²) in [5, 5.41) is 30.9. The van der Waals surface area contributed by atoms with Gasteiger partial charge >= 0.3 is 0 Å². The molecular formula is C27H37NO5. The summed E-state index contributed by atoms with van der Waals surface area (Å²) in [5.41, 5.74) is 3.86. The molecule has 6 heteroatoms. The van der Waals surface area contributed by atoms with Crippen molar-refractivity contribution in [1.82, 2.24) is 4.90 Å². The molecule has 0 bridgehead atoms. The molecule has 6 nitrogen and oxygen atoms in total. The monoisotopic (exact) mass is 455 g/mol. The van der Waals surface area contributed by atoms with Gasteiger partial charge in [0, 0.05) is 12.5 Å². The molecule has 0 aromatic heterocycles. The summed E-state index contributed by atoms with van der Waals surface area (Å²) in [4.78, 5) is 27.2. The smallest absolute Gasteiger partial charge is 0.233 e. The van der Waals surface area contributed by atoms with E-state index in [1.165, 1.54) is 10.5 Å². The molecule has 0 unspecified atom stereocenters. The van der Waals surface area contributed by atoms with Gasteiger partial charge in [0.2, 0.25) is 11.8 Å². The number of imide groups is 1. The van der Waals surface area contributed by atoms with Gasteiger partial charge in [-0.25, -0.2) is 0 Å². The number of carbonyl (C=O) groups excluding carboxylic acids is 2. The van der Waals surface area contributed by atoms with Crippen LogP contribution in [0.1, 0.15) is 64.9 Å². The molecule has 180 valence electrons. The van der Waals surface area contributed by atoms with E-state index in [0.717, 1.165) is 29.6 Å². The zero-order valence-corrected chi connectivity index (χ0v) is 20.0. The summed E-state index contributed by atoms with van der Waals surface area (Å²) in [7, 11) is 0. The van der Waals surface area contributed by atoms with Crippen molar-refractivity contribution in [3.63, 3.8) is 0 Å². The Bertz CT molecular complexity index is 917. The molecule has 1 aromatic carbocycles. The zero-order valence-electron chi connectivity index (χ0n) is 20.0. The van der Waals surface area contributed by atoms with Gasteiger partial charge in [-0.05, 0) is 62.3 Å². The van der Waals surface area contributed by atoms with Crippen molar-refractivity contribution < 1.29 is 24.9 Å². The van der Waals surface area contributed by atoms with E-state index in [2.05, 4.69) is 13.0 Å². The molecule has 0 spiro atoms. The number of phenolic OH excluding ortho intramolecular Hbond substituents is 1. The minimum Gasteiger partial charge on any atom is -0.508 e. The first-order valence-corrected chi connectivity index (χ1v) is 12.1. The van der Waals surface area contributed by atoms with Gasteiger partial charge < -0.3 is 15.3 Å². The lowest BCUT2D eigenvalue weighted by atomic mass is 9.68. The van der Waals surface area contributed by atoms with E-state index < -0.39 is 23.9 Å². The van der Waals surface area contributed by atoms with Crippen molar-refractivity contribution in [2.75, 3.05) is 13.2 Å². The lowest BCUT2D eigenvalue weighted by Crippen LogP contribution is -2.38. The Hall–Kier alpha value is -2.44. The summed E-state index contributed by atoms with van der Waals surface area (Å²) in [6.45, 7) is 6.11. The predicted molar refractivity (Wildman–Crippen MR) is 128 cm³/mol. The lowest BCUT2D eigenvalue weighted by molar-refractivity contribution is -0.140. The number of nitrogens with zero attached hydrogens (tertiary/aromatic N) is 1. The van der Waals surface area contributed by atoms with Crippen LogP contribution >= 0.6 is 0 Å². The van der Waals surface area contributed by atoms with Crippen LogP contribution in [0.2, 0.25) is 0 Å². The van der Waals surface area contributed by atoms with Crippen molar-refractivity contribution in [1.29, 1.82) is 0 Å². The van der Waals surface area contributed by atoms with Crippen LogP contribution in [0.25, 0.3) is 6.08 Å². The highest BCUT2D eigenvalue weighted by Crippen LogP contribution is 2.46. The second-order valence-corrected chi connectivity index (χ2v) is 9.39. The fourth-order valence-corrected chi connectivity index (χ4v) is 5.50. The Morgan fingerprint density at radius 3 is 2.42 bits per heavy atom. The Kier molecular flexibility index (Phi) is 8.49. The van der Waals surface area contributed by atoms with Crippen molar-refractivity contribution in [2.45, 2.75) is 65.4 Å². The van der Waals surface area contributed by atoms with E-state index in [9.17, 15) is 24.9 Å². The van der Waals surface area contributed by atoms with Crippen LogP contribution in [-0.2, 0) is 9.59 Å². The third-order valence-electron chi connectivity index (χ3n) is 7.00. The molecule has 2 amide bonds. The molecule has 2 aliphatic rings. The molecule has 0 saturated carbocycles. The number of carbonyl (C=O) groups is 2. The minimum absolute atomic E-state index is 0.139. The number of hydrogen-bond acceptors (Lipinski definition) is 5. The Morgan fingerprint density at radius 2 is 1.82 bits per heavy atom. The number of allylic oxidation sites excluding steroid dienone is 2. The molecule has 1 heterocycles. The van der Waals surface area contributed by atoms with Gasteiger partial charge in [-0.3, -0.25) is 14.5 Å². The SMILES string of the molecule is CCC/C(=C\c1ccc(O)cc1)CC[C@@H](O)C1=C(C)C[C@H]2C(=O)N(CCC)C(=O)[C@H]2[C@H]1CO. The predicted octanol–water partition coefficient (Wildman–Crippen LogP) is 4.06. The fourth-order valence-electron chi connectivity index (χ4n) is 5.50. The van der Waals surface area contributed by atoms with Crippen molar-refractivity contribution in [3.05, 3.63) is 46.5 Å². The highest BCUT2D eigenvalue weighted by Gasteiger charge is 2.54. The number of aromatic hydroxyl groups is 1. The molecule has 1 aromatic rings. The number of fused-ring (bicyclic) bond motifs is 1. The second kappa shape index (κ2) is 11.1. The molecule has 1 fully saturated rings. The van der Waals surface area contributed by atoms with Gasteiger partial charge in [0.15, 0.2) is 0 Å². The van der Waals surface area contributed by atoms with Crippen molar-refractivity contribution in [3.8, 4) is 5.75 Å². The average Bonchev–Trinajstić information content (AvgIpc) is 3.02. The van der Waals surface area contributed by atoms with Gasteiger partial charge in [0.05, 0.1) is 24.5 Å². The fraction of sp³-hybridized carbons (Fsp3) is 0.556. The lowest BCUT2D eigenvalue weighted by Gasteiger charge is -2.35. The Labute approximate surface area is 196 Å². The van der Waals surface area contributed by atoms with Crippen LogP contribution in [-0.4, -0.2) is 51.3 Å². The second-order valence-electron chi connectivity index (χ2n) is 9.39. The van der Waals surface area contributed by atoms with Gasteiger partial charge in [0.1, 0.15) is 5.75 Å². The summed E-state index contributed by atoms with van der Waals surface area (Å²) in [5.74, 6) is -1.65. The standard InChI is InChI=1S/C27H37NO5/c1-4-6-18(15-19-7-10-20(30)11-8-19)9-12-23(31)24-17(3)14-21-25(22(24)16-29)27(33)28(13-5-2)26(21)32/h7-8,10-11,15,21-23,25,29-31H,4-6,9,12-14,16H2,1-3H3/b18-15+/t21-,22+,23-,25-/m1/s1. The number of likely N-dealkylation sites (tertiary alicyclic amines) is 1. The van der Waals surface area contributed by atoms with Crippen LogP contribution in [0.3, 0.4) is 0 Å². The molecular weight excluding hydrogens is 418 g/mol. The largest absolute Gasteiger partial charge is 0.508 e. The summed E-state index contributed by atoms with van der Waals surface area (Å²) >= 11 is 0. The highest BCUT2D eigenvalue weighted by atomic mass is 16.3. The van der Waals surface area contributed by atoms with Crippen LogP contribution in [0.15, 0.2) is 41.0 Å². The molecule has 3 N–H and O–H groups in total. The maximum absolute atomic E-state index is 13.0. The number of aliphatic hydroxyl groups is 2. The van der Waals surface area contributed by atoms with Gasteiger partial charge in [-0.2, -0.15) is 0 Å². The first kappa shape index (κ1) is 25.2. The summed E-state index contributed by atoms with van der Waals surface area (Å²) < 4.78 is 0. The Morgan fingerprint density at radius 1 is 1.12 bits per heavy atom. The molecule has 1 aliphatic carbocycles. The number of hydrogen-bond donors (Lipinski definition) is 3. The van der Waals surface area contributed by atoms with Crippen LogP contribution in [0, 0.1) is 17.8 Å². The minimum atomic E-state index is -0.772. The molecule has 1 aliphatic heterocycles. The zero-order chi connectivity index (χ0) is 24.1. The maximum atomic E-state index is 13.0. The number of benzene rings is 1. The number of rotatable bonds is 10. The first-order chi connectivity index (χ1) is 15.8. The van der Waals surface area contributed by atoms with Crippen molar-refractivity contribution in [2.24, 2.45) is 17.8 Å². The third-order valence-corrected chi connectivity index (χ3v) is 7.00. The molecule has 4 atom stereocenters. The molecule has 1 saturated heterocycles. The Balaban J connectivity index is 1.78. The topological polar surface area (TPSA) is 98.1 Å². The van der Waals surface area contributed by atoms with Gasteiger partial charge in [-0.1, -0.05) is 49.6 Å². The van der Waals surface area contributed by atoms with E-state index in [0.29, 0.717) is 32.2 Å². The highest BCUT2D eigenvalue weighted by molar-refractivity contribution is 6.05. The van der Waals surface area contributed by atoms with E-state index >= 15 is 0 Å². The van der Waals surface area contributed by atoms with Crippen LogP contribution in [0.5, 0.6) is 5.75 Å². The number of amides is 2. The van der Waals surface area contributed by atoms with E-state index in [1.54, 1.807) is 12.1 Å². The van der Waals surface area contributed by atoms with Crippen LogP contribution in [0.4, 0.5) is 0 Å². The first-order valence-electron chi connectivity index (χ1n) is 12.1. The van der Waals surface area contributed by atoms with Crippen molar-refractivity contribution >= 4 is 17.9 Å². The average molecular weight is 456 g/mol. The molecule has 3 rings (SSSR count). The van der Waals surface area contributed by atoms with Gasteiger partial charge in [0.25, 0.3) is 0 Å². The molecule has 33 heavy (non-hydrogen) atoms. The van der Waals surface area contributed by atoms with Gasteiger partial charge in [-0.15, -0.1) is 0 Å². The maximum Gasteiger partial charge on any atom is 0.233 e.